The lowest BCUT2D eigenvalue weighted by molar-refractivity contribution is 0.174. The van der Waals surface area contributed by atoms with Gasteiger partial charge in [-0.25, -0.2) is 0 Å². The standard InChI is InChI=1S/C18H21NO/c1-2-18(20)15-10-4-6-12-17(15)19-13-7-9-14-8-3-5-11-16(14)19/h3-6,8,10-12,18,20H,2,7,9,13H2,1H3/t18-/m1/s1. The Kier molecular flexibility index (Phi) is 3.75. The molecular formula is C18H21NO. The van der Waals surface area contributed by atoms with Gasteiger partial charge in [0.25, 0.3) is 0 Å². The molecule has 2 aromatic carbocycles. The van der Waals surface area contributed by atoms with Crippen molar-refractivity contribution in [3.05, 3.63) is 59.7 Å². The second-order valence-corrected chi connectivity index (χ2v) is 5.37. The Morgan fingerprint density at radius 3 is 2.55 bits per heavy atom. The molecule has 2 nitrogen and oxygen atoms in total. The van der Waals surface area contributed by atoms with E-state index in [9.17, 15) is 5.11 Å². The van der Waals surface area contributed by atoms with Crippen molar-refractivity contribution in [2.75, 3.05) is 11.4 Å². The topological polar surface area (TPSA) is 23.5 Å². The quantitative estimate of drug-likeness (QED) is 0.900. The largest absolute Gasteiger partial charge is 0.388 e. The number of hydrogen-bond acceptors (Lipinski definition) is 2. The van der Waals surface area contributed by atoms with E-state index in [0.717, 1.165) is 37.1 Å². The van der Waals surface area contributed by atoms with Crippen molar-refractivity contribution in [1.29, 1.82) is 0 Å². The Labute approximate surface area is 120 Å². The van der Waals surface area contributed by atoms with Crippen LogP contribution in [0, 0.1) is 0 Å². The van der Waals surface area contributed by atoms with Gasteiger partial charge in [-0.2, -0.15) is 0 Å². The van der Waals surface area contributed by atoms with Crippen molar-refractivity contribution in [3.8, 4) is 0 Å². The maximum atomic E-state index is 10.3. The van der Waals surface area contributed by atoms with Crippen LogP contribution in [0.4, 0.5) is 11.4 Å². The molecule has 1 N–H and O–H groups in total. The van der Waals surface area contributed by atoms with Crippen LogP contribution in [-0.2, 0) is 6.42 Å². The van der Waals surface area contributed by atoms with E-state index >= 15 is 0 Å². The highest BCUT2D eigenvalue weighted by Gasteiger charge is 2.21. The van der Waals surface area contributed by atoms with Gasteiger partial charge in [0, 0.05) is 23.5 Å². The third kappa shape index (κ3) is 2.32. The molecule has 0 bridgehead atoms. The molecule has 3 rings (SSSR count). The molecule has 0 unspecified atom stereocenters. The van der Waals surface area contributed by atoms with Crippen molar-refractivity contribution in [3.63, 3.8) is 0 Å². The fourth-order valence-electron chi connectivity index (χ4n) is 3.02. The van der Waals surface area contributed by atoms with Gasteiger partial charge in [-0.3, -0.25) is 0 Å². The van der Waals surface area contributed by atoms with Gasteiger partial charge in [0.2, 0.25) is 0 Å². The summed E-state index contributed by atoms with van der Waals surface area (Å²) in [6, 6.07) is 16.8. The van der Waals surface area contributed by atoms with Gasteiger partial charge in [-0.05, 0) is 37.0 Å². The lowest BCUT2D eigenvalue weighted by atomic mass is 9.98. The molecule has 0 saturated carbocycles. The van der Waals surface area contributed by atoms with Crippen LogP contribution in [0.3, 0.4) is 0 Å². The monoisotopic (exact) mass is 267 g/mol. The molecule has 2 heteroatoms. The number of benzene rings is 2. The smallest absolute Gasteiger partial charge is 0.0807 e. The molecule has 0 radical (unpaired) electrons. The molecule has 2 aromatic rings. The highest BCUT2D eigenvalue weighted by Crippen LogP contribution is 2.37. The second kappa shape index (κ2) is 5.68. The minimum atomic E-state index is -0.389. The fourth-order valence-corrected chi connectivity index (χ4v) is 3.02. The molecule has 1 aliphatic rings. The van der Waals surface area contributed by atoms with E-state index in [0.29, 0.717) is 0 Å². The number of para-hydroxylation sites is 2. The van der Waals surface area contributed by atoms with E-state index in [1.54, 1.807) is 0 Å². The summed E-state index contributed by atoms with van der Waals surface area (Å²) in [5, 5.41) is 10.3. The van der Waals surface area contributed by atoms with Gasteiger partial charge < -0.3 is 10.0 Å². The average molecular weight is 267 g/mol. The third-order valence-electron chi connectivity index (χ3n) is 4.08. The van der Waals surface area contributed by atoms with Crippen LogP contribution in [0.5, 0.6) is 0 Å². The molecule has 0 aromatic heterocycles. The number of anilines is 2. The van der Waals surface area contributed by atoms with E-state index in [1.165, 1.54) is 11.3 Å². The number of rotatable bonds is 3. The molecule has 0 aliphatic carbocycles. The minimum absolute atomic E-state index is 0.389. The van der Waals surface area contributed by atoms with E-state index < -0.39 is 0 Å². The average Bonchev–Trinajstić information content (AvgIpc) is 2.53. The zero-order valence-electron chi connectivity index (χ0n) is 11.9. The van der Waals surface area contributed by atoms with Gasteiger partial charge in [0.05, 0.1) is 6.10 Å². The van der Waals surface area contributed by atoms with Crippen molar-refractivity contribution in [1.82, 2.24) is 0 Å². The highest BCUT2D eigenvalue weighted by atomic mass is 16.3. The predicted octanol–water partition coefficient (Wildman–Crippen LogP) is 4.21. The molecule has 1 aliphatic heterocycles. The summed E-state index contributed by atoms with van der Waals surface area (Å²) < 4.78 is 0. The van der Waals surface area contributed by atoms with Crippen molar-refractivity contribution < 1.29 is 5.11 Å². The lowest BCUT2D eigenvalue weighted by Gasteiger charge is -2.33. The van der Waals surface area contributed by atoms with Crippen molar-refractivity contribution in [2.24, 2.45) is 0 Å². The maximum Gasteiger partial charge on any atom is 0.0807 e. The summed E-state index contributed by atoms with van der Waals surface area (Å²) in [5.74, 6) is 0. The van der Waals surface area contributed by atoms with Crippen molar-refractivity contribution >= 4 is 11.4 Å². The number of aliphatic hydroxyl groups excluding tert-OH is 1. The lowest BCUT2D eigenvalue weighted by Crippen LogP contribution is -2.25. The van der Waals surface area contributed by atoms with E-state index in [1.807, 2.05) is 19.1 Å². The van der Waals surface area contributed by atoms with Gasteiger partial charge in [-0.1, -0.05) is 43.3 Å². The summed E-state index contributed by atoms with van der Waals surface area (Å²) in [6.07, 6.45) is 2.66. The predicted molar refractivity (Wildman–Crippen MR) is 83.5 cm³/mol. The zero-order chi connectivity index (χ0) is 13.9. The summed E-state index contributed by atoms with van der Waals surface area (Å²) in [4.78, 5) is 2.35. The Morgan fingerprint density at radius 2 is 1.75 bits per heavy atom. The first-order valence-electron chi connectivity index (χ1n) is 7.43. The molecule has 0 saturated heterocycles. The molecular weight excluding hydrogens is 246 g/mol. The maximum absolute atomic E-state index is 10.3. The zero-order valence-corrected chi connectivity index (χ0v) is 11.9. The SMILES string of the molecule is CC[C@@H](O)c1ccccc1N1CCCc2ccccc21. The normalized spacial score (nSPS) is 15.8. The Bertz CT molecular complexity index is 593. The van der Waals surface area contributed by atoms with Crippen LogP contribution in [0.1, 0.15) is 37.0 Å². The number of fused-ring (bicyclic) bond motifs is 1. The van der Waals surface area contributed by atoms with E-state index in [2.05, 4.69) is 41.3 Å². The van der Waals surface area contributed by atoms with E-state index in [-0.39, 0.29) is 6.10 Å². The molecule has 104 valence electrons. The number of hydrogen-bond donors (Lipinski definition) is 1. The molecule has 0 fully saturated rings. The number of nitrogens with zero attached hydrogens (tertiary/aromatic N) is 1. The number of aliphatic hydroxyl groups is 1. The van der Waals surface area contributed by atoms with Gasteiger partial charge >= 0.3 is 0 Å². The fraction of sp³-hybridized carbons (Fsp3) is 0.333. The summed E-state index contributed by atoms with van der Waals surface area (Å²) in [6.45, 7) is 3.04. The molecule has 20 heavy (non-hydrogen) atoms. The van der Waals surface area contributed by atoms with Crippen LogP contribution >= 0.6 is 0 Å². The van der Waals surface area contributed by atoms with E-state index in [4.69, 9.17) is 0 Å². The van der Waals surface area contributed by atoms with Gasteiger partial charge in [0.1, 0.15) is 0 Å². The first-order valence-corrected chi connectivity index (χ1v) is 7.43. The van der Waals surface area contributed by atoms with Gasteiger partial charge in [-0.15, -0.1) is 0 Å². The Balaban J connectivity index is 2.07. The second-order valence-electron chi connectivity index (χ2n) is 5.37. The molecule has 1 heterocycles. The highest BCUT2D eigenvalue weighted by molar-refractivity contribution is 5.70. The van der Waals surface area contributed by atoms with Crippen LogP contribution < -0.4 is 4.90 Å². The summed E-state index contributed by atoms with van der Waals surface area (Å²) >= 11 is 0. The first kappa shape index (κ1) is 13.2. The van der Waals surface area contributed by atoms with Crippen LogP contribution in [0.15, 0.2) is 48.5 Å². The summed E-state index contributed by atoms with van der Waals surface area (Å²) in [7, 11) is 0. The van der Waals surface area contributed by atoms with Gasteiger partial charge in [0.15, 0.2) is 0 Å². The molecule has 1 atom stereocenters. The first-order chi connectivity index (χ1) is 9.81. The Hall–Kier alpha value is -1.80. The number of aryl methyl sites for hydroxylation is 1. The third-order valence-corrected chi connectivity index (χ3v) is 4.08. The van der Waals surface area contributed by atoms with Crippen LogP contribution in [0.25, 0.3) is 0 Å². The molecule has 0 spiro atoms. The molecule has 0 amide bonds. The Morgan fingerprint density at radius 1 is 1.05 bits per heavy atom. The van der Waals surface area contributed by atoms with Crippen molar-refractivity contribution in [2.45, 2.75) is 32.3 Å². The van der Waals surface area contributed by atoms with Crippen LogP contribution in [0.2, 0.25) is 0 Å². The minimum Gasteiger partial charge on any atom is -0.388 e. The summed E-state index contributed by atoms with van der Waals surface area (Å²) in [5.41, 5.74) is 4.87. The van der Waals surface area contributed by atoms with Crippen LogP contribution in [-0.4, -0.2) is 11.7 Å².